The van der Waals surface area contributed by atoms with Crippen molar-refractivity contribution in [2.24, 2.45) is 0 Å². The van der Waals surface area contributed by atoms with Crippen LogP contribution in [0.15, 0.2) is 54.7 Å². The molecule has 0 aliphatic heterocycles. The maximum absolute atomic E-state index is 13.4. The summed E-state index contributed by atoms with van der Waals surface area (Å²) in [4.78, 5) is 11.9. The number of para-hydroxylation sites is 1. The van der Waals surface area contributed by atoms with Crippen molar-refractivity contribution in [3.8, 4) is 0 Å². The van der Waals surface area contributed by atoms with Gasteiger partial charge in [-0.25, -0.2) is 8.78 Å². The van der Waals surface area contributed by atoms with Crippen molar-refractivity contribution in [1.29, 1.82) is 5.41 Å². The van der Waals surface area contributed by atoms with Gasteiger partial charge in [-0.1, -0.05) is 18.2 Å². The molecule has 0 aliphatic rings. The molecule has 0 saturated carbocycles. The van der Waals surface area contributed by atoms with Crippen LogP contribution >= 0.6 is 0 Å². The van der Waals surface area contributed by atoms with Crippen LogP contribution in [-0.2, 0) is 6.18 Å². The summed E-state index contributed by atoms with van der Waals surface area (Å²) in [6, 6.07) is 7.31. The van der Waals surface area contributed by atoms with Crippen molar-refractivity contribution in [3.63, 3.8) is 0 Å². The molecule has 136 valence electrons. The van der Waals surface area contributed by atoms with Gasteiger partial charge in [0.1, 0.15) is 23.2 Å². The highest BCUT2D eigenvalue weighted by atomic mass is 19.4. The average molecular weight is 369 g/mol. The van der Waals surface area contributed by atoms with Crippen LogP contribution in [0.25, 0.3) is 0 Å². The number of carbonyl (C=O) groups is 1. The van der Waals surface area contributed by atoms with E-state index in [2.05, 4.69) is 5.32 Å². The first kappa shape index (κ1) is 19.1. The monoisotopic (exact) mass is 369 g/mol. The van der Waals surface area contributed by atoms with Crippen LogP contribution in [-0.4, -0.2) is 11.7 Å². The summed E-state index contributed by atoms with van der Waals surface area (Å²) in [5, 5.41) is 11.8. The molecule has 0 radical (unpaired) electrons. The smallest absolute Gasteiger partial charge is 0.357 e. The minimum Gasteiger partial charge on any atom is -0.357 e. The zero-order valence-electron chi connectivity index (χ0n) is 13.0. The predicted octanol–water partition coefficient (Wildman–Crippen LogP) is 4.32. The number of nitrogens with one attached hydrogen (secondary N) is 3. The van der Waals surface area contributed by atoms with Gasteiger partial charge >= 0.3 is 6.18 Å². The molecule has 0 spiro atoms. The number of anilines is 1. The molecule has 4 nitrogen and oxygen atoms in total. The topological polar surface area (TPSA) is 65.0 Å². The largest absolute Gasteiger partial charge is 0.417 e. The van der Waals surface area contributed by atoms with Gasteiger partial charge in [0, 0.05) is 6.20 Å². The molecule has 0 saturated heterocycles. The van der Waals surface area contributed by atoms with Gasteiger partial charge in [0.05, 0.1) is 11.1 Å². The highest BCUT2D eigenvalue weighted by Gasteiger charge is 2.34. The van der Waals surface area contributed by atoms with Crippen molar-refractivity contribution < 1.29 is 26.7 Å². The molecule has 0 aromatic heterocycles. The van der Waals surface area contributed by atoms with Gasteiger partial charge in [-0.15, -0.1) is 0 Å². The highest BCUT2D eigenvalue weighted by Crippen LogP contribution is 2.31. The normalized spacial score (nSPS) is 11.4. The van der Waals surface area contributed by atoms with Crippen molar-refractivity contribution in [1.82, 2.24) is 5.32 Å². The molecular formula is C17H12F5N3O. The van der Waals surface area contributed by atoms with Gasteiger partial charge in [-0.3, -0.25) is 10.2 Å². The second-order valence-electron chi connectivity index (χ2n) is 4.99. The number of amidine groups is 1. The first-order chi connectivity index (χ1) is 12.2. The number of benzene rings is 2. The van der Waals surface area contributed by atoms with E-state index in [1.54, 1.807) is 0 Å². The Labute approximate surface area is 144 Å². The van der Waals surface area contributed by atoms with E-state index >= 15 is 0 Å². The molecule has 0 heterocycles. The van der Waals surface area contributed by atoms with E-state index in [1.807, 2.05) is 5.32 Å². The SMILES string of the molecule is N=C(/C=C\Nc1c(F)cccc1F)NC(=O)c1ccccc1C(F)(F)F. The molecule has 2 aromatic rings. The van der Waals surface area contributed by atoms with E-state index < -0.39 is 46.4 Å². The summed E-state index contributed by atoms with van der Waals surface area (Å²) < 4.78 is 65.4. The maximum Gasteiger partial charge on any atom is 0.417 e. The molecule has 0 aliphatic carbocycles. The van der Waals surface area contributed by atoms with Crippen molar-refractivity contribution in [3.05, 3.63) is 77.5 Å². The van der Waals surface area contributed by atoms with Gasteiger partial charge in [-0.05, 0) is 30.3 Å². The van der Waals surface area contributed by atoms with E-state index in [0.29, 0.717) is 0 Å². The second kappa shape index (κ2) is 7.77. The van der Waals surface area contributed by atoms with Gasteiger partial charge < -0.3 is 10.6 Å². The Bertz CT molecular complexity index is 841. The van der Waals surface area contributed by atoms with E-state index in [1.165, 1.54) is 12.1 Å². The molecule has 2 rings (SSSR count). The molecule has 3 N–H and O–H groups in total. The Morgan fingerprint density at radius 1 is 1.00 bits per heavy atom. The minimum absolute atomic E-state index is 0.467. The molecule has 26 heavy (non-hydrogen) atoms. The molecule has 0 atom stereocenters. The summed E-state index contributed by atoms with van der Waals surface area (Å²) in [7, 11) is 0. The third-order valence-corrected chi connectivity index (χ3v) is 3.17. The Kier molecular flexibility index (Phi) is 5.71. The standard InChI is InChI=1S/C17H12F5N3O/c18-12-6-3-7-13(19)15(12)24-9-8-14(23)25-16(26)10-4-1-2-5-11(10)17(20,21)22/h1-9,24H,(H2,23,25,26)/b9-8-. The summed E-state index contributed by atoms with van der Waals surface area (Å²) in [6.07, 6.45) is -2.82. The molecule has 1 amide bonds. The van der Waals surface area contributed by atoms with Gasteiger partial charge in [0.25, 0.3) is 5.91 Å². The van der Waals surface area contributed by atoms with Crippen LogP contribution in [0.2, 0.25) is 0 Å². The molecule has 2 aromatic carbocycles. The van der Waals surface area contributed by atoms with E-state index in [9.17, 15) is 26.7 Å². The van der Waals surface area contributed by atoms with Crippen LogP contribution in [0.4, 0.5) is 27.6 Å². The summed E-state index contributed by atoms with van der Waals surface area (Å²) >= 11 is 0. The lowest BCUT2D eigenvalue weighted by molar-refractivity contribution is -0.137. The second-order valence-corrected chi connectivity index (χ2v) is 4.99. The number of hydrogen-bond donors (Lipinski definition) is 3. The number of alkyl halides is 3. The molecule has 9 heteroatoms. The number of carbonyl (C=O) groups excluding carboxylic acids is 1. The molecule has 0 bridgehead atoms. The first-order valence-corrected chi connectivity index (χ1v) is 7.13. The molecular weight excluding hydrogens is 357 g/mol. The quantitative estimate of drug-likeness (QED) is 0.427. The van der Waals surface area contributed by atoms with Crippen LogP contribution in [0.3, 0.4) is 0 Å². The maximum atomic E-state index is 13.4. The van der Waals surface area contributed by atoms with E-state index in [0.717, 1.165) is 42.6 Å². The van der Waals surface area contributed by atoms with Crippen LogP contribution < -0.4 is 10.6 Å². The van der Waals surface area contributed by atoms with Crippen molar-refractivity contribution in [2.45, 2.75) is 6.18 Å². The highest BCUT2D eigenvalue weighted by molar-refractivity contribution is 6.09. The van der Waals surface area contributed by atoms with Crippen molar-refractivity contribution in [2.75, 3.05) is 5.32 Å². The fraction of sp³-hybridized carbons (Fsp3) is 0.0588. The van der Waals surface area contributed by atoms with Crippen molar-refractivity contribution >= 4 is 17.4 Å². The number of rotatable bonds is 4. The zero-order chi connectivity index (χ0) is 19.3. The lowest BCUT2D eigenvalue weighted by Crippen LogP contribution is -2.30. The summed E-state index contributed by atoms with van der Waals surface area (Å²) in [5.74, 6) is -3.45. The third-order valence-electron chi connectivity index (χ3n) is 3.17. The van der Waals surface area contributed by atoms with E-state index in [4.69, 9.17) is 5.41 Å². The number of amides is 1. The molecule has 0 fully saturated rings. The van der Waals surface area contributed by atoms with Crippen LogP contribution in [0.1, 0.15) is 15.9 Å². The van der Waals surface area contributed by atoms with Crippen LogP contribution in [0.5, 0.6) is 0 Å². The van der Waals surface area contributed by atoms with Gasteiger partial charge in [0.15, 0.2) is 0 Å². The lowest BCUT2D eigenvalue weighted by atomic mass is 10.1. The Morgan fingerprint density at radius 2 is 1.62 bits per heavy atom. The Balaban J connectivity index is 2.06. The molecule has 0 unspecified atom stereocenters. The van der Waals surface area contributed by atoms with Gasteiger partial charge in [0.2, 0.25) is 0 Å². The minimum atomic E-state index is -4.73. The summed E-state index contributed by atoms with van der Waals surface area (Å²) in [6.45, 7) is 0. The number of halogens is 5. The lowest BCUT2D eigenvalue weighted by Gasteiger charge is -2.12. The third kappa shape index (κ3) is 4.65. The first-order valence-electron chi connectivity index (χ1n) is 7.13. The van der Waals surface area contributed by atoms with E-state index in [-0.39, 0.29) is 0 Å². The Morgan fingerprint density at radius 3 is 2.23 bits per heavy atom. The van der Waals surface area contributed by atoms with Crippen LogP contribution in [0, 0.1) is 17.0 Å². The fourth-order valence-corrected chi connectivity index (χ4v) is 2.00. The predicted molar refractivity (Wildman–Crippen MR) is 85.8 cm³/mol. The number of hydrogen-bond acceptors (Lipinski definition) is 3. The van der Waals surface area contributed by atoms with Gasteiger partial charge in [-0.2, -0.15) is 13.2 Å². The fourth-order valence-electron chi connectivity index (χ4n) is 2.00. The summed E-state index contributed by atoms with van der Waals surface area (Å²) in [5.41, 5.74) is -2.25. The average Bonchev–Trinajstić information content (AvgIpc) is 2.56. The Hall–Kier alpha value is -3.23. The zero-order valence-corrected chi connectivity index (χ0v) is 13.0.